The van der Waals surface area contributed by atoms with Gasteiger partial charge in [0.2, 0.25) is 5.91 Å². The summed E-state index contributed by atoms with van der Waals surface area (Å²) >= 11 is 0. The van der Waals surface area contributed by atoms with Crippen LogP contribution in [-0.2, 0) is 4.79 Å². The van der Waals surface area contributed by atoms with E-state index < -0.39 is 0 Å². The summed E-state index contributed by atoms with van der Waals surface area (Å²) in [5.41, 5.74) is 0.732. The Labute approximate surface area is 120 Å². The van der Waals surface area contributed by atoms with Gasteiger partial charge in [-0.2, -0.15) is 0 Å². The maximum atomic E-state index is 12.3. The third-order valence-corrected chi connectivity index (χ3v) is 3.84. The molecule has 0 atom stereocenters. The summed E-state index contributed by atoms with van der Waals surface area (Å²) in [6.45, 7) is 0. The molecular formula is C16H23NO3. The van der Waals surface area contributed by atoms with Crippen molar-refractivity contribution in [3.05, 3.63) is 18.2 Å². The normalized spacial score (nSPS) is 16.3. The molecule has 1 amide bonds. The number of hydrogen-bond donors (Lipinski definition) is 1. The van der Waals surface area contributed by atoms with Crippen molar-refractivity contribution in [3.8, 4) is 11.5 Å². The van der Waals surface area contributed by atoms with Gasteiger partial charge >= 0.3 is 0 Å². The zero-order chi connectivity index (χ0) is 14.4. The van der Waals surface area contributed by atoms with Crippen LogP contribution in [0.4, 0.5) is 5.69 Å². The van der Waals surface area contributed by atoms with Gasteiger partial charge in [-0.15, -0.1) is 0 Å². The van der Waals surface area contributed by atoms with Gasteiger partial charge in [-0.05, 0) is 12.8 Å². The fraction of sp³-hybridized carbons (Fsp3) is 0.562. The van der Waals surface area contributed by atoms with Crippen molar-refractivity contribution in [1.82, 2.24) is 0 Å². The molecule has 1 aliphatic rings. The van der Waals surface area contributed by atoms with E-state index in [0.29, 0.717) is 11.5 Å². The zero-order valence-corrected chi connectivity index (χ0v) is 12.3. The van der Waals surface area contributed by atoms with Crippen LogP contribution in [0.3, 0.4) is 0 Å². The van der Waals surface area contributed by atoms with Gasteiger partial charge in [0.1, 0.15) is 11.5 Å². The highest BCUT2D eigenvalue weighted by Gasteiger charge is 2.20. The average molecular weight is 277 g/mol. The van der Waals surface area contributed by atoms with Gasteiger partial charge in [0, 0.05) is 29.8 Å². The van der Waals surface area contributed by atoms with Crippen molar-refractivity contribution >= 4 is 11.6 Å². The van der Waals surface area contributed by atoms with E-state index >= 15 is 0 Å². The lowest BCUT2D eigenvalue weighted by Crippen LogP contribution is -2.22. The van der Waals surface area contributed by atoms with Gasteiger partial charge < -0.3 is 14.8 Å². The van der Waals surface area contributed by atoms with Gasteiger partial charge in [0.05, 0.1) is 14.2 Å². The molecule has 1 saturated carbocycles. The topological polar surface area (TPSA) is 47.6 Å². The Bertz CT molecular complexity index is 429. The molecule has 1 N–H and O–H groups in total. The van der Waals surface area contributed by atoms with Crippen molar-refractivity contribution in [2.75, 3.05) is 19.5 Å². The first kappa shape index (κ1) is 14.7. The van der Waals surface area contributed by atoms with Crippen LogP contribution in [0.15, 0.2) is 18.2 Å². The molecule has 2 rings (SSSR count). The molecule has 1 fully saturated rings. The number of rotatable bonds is 4. The summed E-state index contributed by atoms with van der Waals surface area (Å²) in [4.78, 5) is 12.3. The quantitative estimate of drug-likeness (QED) is 0.855. The molecular weight excluding hydrogens is 254 g/mol. The van der Waals surface area contributed by atoms with E-state index in [2.05, 4.69) is 5.32 Å². The summed E-state index contributed by atoms with van der Waals surface area (Å²) < 4.78 is 10.4. The van der Waals surface area contributed by atoms with Crippen LogP contribution < -0.4 is 14.8 Å². The molecule has 0 spiro atoms. The third kappa shape index (κ3) is 3.89. The summed E-state index contributed by atoms with van der Waals surface area (Å²) in [6, 6.07) is 5.43. The fourth-order valence-corrected chi connectivity index (χ4v) is 2.67. The highest BCUT2D eigenvalue weighted by molar-refractivity contribution is 5.93. The minimum Gasteiger partial charge on any atom is -0.497 e. The molecule has 20 heavy (non-hydrogen) atoms. The monoisotopic (exact) mass is 277 g/mol. The van der Waals surface area contributed by atoms with Gasteiger partial charge in [-0.25, -0.2) is 0 Å². The van der Waals surface area contributed by atoms with E-state index in [1.54, 1.807) is 20.3 Å². The molecule has 0 aliphatic heterocycles. The second-order valence-corrected chi connectivity index (χ2v) is 5.28. The molecule has 1 aromatic carbocycles. The summed E-state index contributed by atoms with van der Waals surface area (Å²) in [6.07, 6.45) is 6.78. The van der Waals surface area contributed by atoms with Gasteiger partial charge in [-0.1, -0.05) is 25.7 Å². The van der Waals surface area contributed by atoms with Gasteiger partial charge in [-0.3, -0.25) is 4.79 Å². The summed E-state index contributed by atoms with van der Waals surface area (Å²) in [7, 11) is 3.21. The Hall–Kier alpha value is -1.71. The predicted octanol–water partition coefficient (Wildman–Crippen LogP) is 3.61. The first-order valence-electron chi connectivity index (χ1n) is 7.27. The van der Waals surface area contributed by atoms with Crippen molar-refractivity contribution in [1.29, 1.82) is 0 Å². The van der Waals surface area contributed by atoms with E-state index in [1.165, 1.54) is 12.8 Å². The summed E-state index contributed by atoms with van der Waals surface area (Å²) in [5.74, 6) is 1.61. The number of nitrogens with one attached hydrogen (secondary N) is 1. The number of amides is 1. The lowest BCUT2D eigenvalue weighted by atomic mass is 9.99. The van der Waals surface area contributed by atoms with Crippen LogP contribution in [0, 0.1) is 5.92 Å². The minimum atomic E-state index is 0.113. The van der Waals surface area contributed by atoms with E-state index in [9.17, 15) is 4.79 Å². The molecule has 1 aliphatic carbocycles. The smallest absolute Gasteiger partial charge is 0.227 e. The Morgan fingerprint density at radius 1 is 1.00 bits per heavy atom. The predicted molar refractivity (Wildman–Crippen MR) is 79.4 cm³/mol. The molecule has 0 aromatic heterocycles. The standard InChI is InChI=1S/C16H23NO3/c1-19-14-9-13(10-15(11-14)20-2)17-16(18)12-7-5-3-4-6-8-12/h9-12H,3-8H2,1-2H3,(H,17,18). The number of carbonyl (C=O) groups excluding carboxylic acids is 1. The van der Waals surface area contributed by atoms with Crippen LogP contribution in [0.25, 0.3) is 0 Å². The van der Waals surface area contributed by atoms with Gasteiger partial charge in [0.15, 0.2) is 0 Å². The van der Waals surface area contributed by atoms with Crippen LogP contribution >= 0.6 is 0 Å². The van der Waals surface area contributed by atoms with E-state index in [-0.39, 0.29) is 11.8 Å². The molecule has 0 unspecified atom stereocenters. The van der Waals surface area contributed by atoms with E-state index in [1.807, 2.05) is 12.1 Å². The van der Waals surface area contributed by atoms with Crippen molar-refractivity contribution in [3.63, 3.8) is 0 Å². The van der Waals surface area contributed by atoms with E-state index in [0.717, 1.165) is 31.4 Å². The second kappa shape index (κ2) is 7.17. The Morgan fingerprint density at radius 3 is 2.05 bits per heavy atom. The lowest BCUT2D eigenvalue weighted by molar-refractivity contribution is -0.120. The highest BCUT2D eigenvalue weighted by atomic mass is 16.5. The van der Waals surface area contributed by atoms with Crippen molar-refractivity contribution < 1.29 is 14.3 Å². The van der Waals surface area contributed by atoms with Gasteiger partial charge in [0.25, 0.3) is 0 Å². The number of methoxy groups -OCH3 is 2. The Kier molecular flexibility index (Phi) is 5.27. The van der Waals surface area contributed by atoms with Crippen molar-refractivity contribution in [2.24, 2.45) is 5.92 Å². The maximum absolute atomic E-state index is 12.3. The maximum Gasteiger partial charge on any atom is 0.227 e. The number of hydrogen-bond acceptors (Lipinski definition) is 3. The highest BCUT2D eigenvalue weighted by Crippen LogP contribution is 2.28. The van der Waals surface area contributed by atoms with Crippen LogP contribution in [0.1, 0.15) is 38.5 Å². The van der Waals surface area contributed by atoms with Crippen molar-refractivity contribution in [2.45, 2.75) is 38.5 Å². The Morgan fingerprint density at radius 2 is 1.55 bits per heavy atom. The fourth-order valence-electron chi connectivity index (χ4n) is 2.67. The molecule has 0 radical (unpaired) electrons. The largest absolute Gasteiger partial charge is 0.497 e. The molecule has 0 bridgehead atoms. The molecule has 0 heterocycles. The molecule has 0 saturated heterocycles. The summed E-state index contributed by atoms with van der Waals surface area (Å²) in [5, 5.41) is 2.99. The van der Waals surface area contributed by atoms with E-state index in [4.69, 9.17) is 9.47 Å². The SMILES string of the molecule is COc1cc(NC(=O)C2CCCCCC2)cc(OC)c1. The molecule has 110 valence electrons. The number of ether oxygens (including phenoxy) is 2. The minimum absolute atomic E-state index is 0.113. The van der Waals surface area contributed by atoms with Crippen LogP contribution in [0.5, 0.6) is 11.5 Å². The van der Waals surface area contributed by atoms with Crippen LogP contribution in [0.2, 0.25) is 0 Å². The first-order chi connectivity index (χ1) is 9.72. The Balaban J connectivity index is 2.06. The second-order valence-electron chi connectivity index (χ2n) is 5.28. The zero-order valence-electron chi connectivity index (χ0n) is 12.3. The number of anilines is 1. The molecule has 1 aromatic rings. The number of carbonyl (C=O) groups is 1. The average Bonchev–Trinajstić information content (AvgIpc) is 2.75. The third-order valence-electron chi connectivity index (χ3n) is 3.84. The lowest BCUT2D eigenvalue weighted by Gasteiger charge is -2.15. The van der Waals surface area contributed by atoms with Crippen LogP contribution in [-0.4, -0.2) is 20.1 Å². The molecule has 4 heteroatoms. The number of benzene rings is 1. The molecule has 4 nitrogen and oxygen atoms in total. The first-order valence-corrected chi connectivity index (χ1v) is 7.27.